The average Bonchev–Trinajstić information content (AvgIpc) is 2.74. The molecule has 78 valence electrons. The lowest BCUT2D eigenvalue weighted by molar-refractivity contribution is 0.695. The Morgan fingerprint density at radius 3 is 2.93 bits per heavy atom. The van der Waals surface area contributed by atoms with E-state index >= 15 is 0 Å². The molecule has 1 N–H and O–H groups in total. The standard InChI is InChI=1S/C11H13N3S/c1-9-2-3-12-4-10(9)5-13-6-11-7-14-8-15-11/h2-4,7-8,13H,5-6H2,1H3. The Kier molecular flexibility index (Phi) is 3.42. The molecule has 0 radical (unpaired) electrons. The lowest BCUT2D eigenvalue weighted by Gasteiger charge is -2.05. The molecule has 3 nitrogen and oxygen atoms in total. The third kappa shape index (κ3) is 2.84. The lowest BCUT2D eigenvalue weighted by atomic mass is 10.1. The highest BCUT2D eigenvalue weighted by atomic mass is 32.1. The molecule has 0 saturated carbocycles. The molecule has 2 heterocycles. The molecule has 0 aliphatic carbocycles. The molecule has 0 saturated heterocycles. The summed E-state index contributed by atoms with van der Waals surface area (Å²) < 4.78 is 0. The third-order valence-corrected chi connectivity index (χ3v) is 3.03. The zero-order chi connectivity index (χ0) is 10.5. The summed E-state index contributed by atoms with van der Waals surface area (Å²) in [5.41, 5.74) is 4.38. The van der Waals surface area contributed by atoms with Gasteiger partial charge in [0.1, 0.15) is 0 Å². The number of hydrogen-bond acceptors (Lipinski definition) is 4. The minimum Gasteiger partial charge on any atom is -0.308 e. The second-order valence-electron chi connectivity index (χ2n) is 3.37. The Morgan fingerprint density at radius 1 is 1.27 bits per heavy atom. The minimum atomic E-state index is 0.859. The van der Waals surface area contributed by atoms with Crippen molar-refractivity contribution in [3.05, 3.63) is 46.2 Å². The van der Waals surface area contributed by atoms with Crippen LogP contribution in [0.15, 0.2) is 30.2 Å². The fourth-order valence-electron chi connectivity index (χ4n) is 1.33. The summed E-state index contributed by atoms with van der Waals surface area (Å²) in [6.07, 6.45) is 5.63. The fourth-order valence-corrected chi connectivity index (χ4v) is 1.90. The second-order valence-corrected chi connectivity index (χ2v) is 4.34. The number of nitrogens with one attached hydrogen (secondary N) is 1. The van der Waals surface area contributed by atoms with Crippen molar-refractivity contribution in [3.8, 4) is 0 Å². The van der Waals surface area contributed by atoms with E-state index in [2.05, 4.69) is 22.2 Å². The molecular formula is C11H13N3S. The molecule has 0 bridgehead atoms. The Morgan fingerprint density at radius 2 is 2.20 bits per heavy atom. The summed E-state index contributed by atoms with van der Waals surface area (Å²) in [4.78, 5) is 9.40. The van der Waals surface area contributed by atoms with Gasteiger partial charge in [-0.1, -0.05) is 0 Å². The maximum Gasteiger partial charge on any atom is 0.0794 e. The van der Waals surface area contributed by atoms with Gasteiger partial charge in [-0.3, -0.25) is 9.97 Å². The van der Waals surface area contributed by atoms with Crippen molar-refractivity contribution < 1.29 is 0 Å². The predicted octanol–water partition coefficient (Wildman–Crippen LogP) is 2.14. The number of rotatable bonds is 4. The highest BCUT2D eigenvalue weighted by Gasteiger charge is 1.98. The molecular weight excluding hydrogens is 206 g/mol. The van der Waals surface area contributed by atoms with Crippen LogP contribution in [0, 0.1) is 6.92 Å². The van der Waals surface area contributed by atoms with E-state index < -0.39 is 0 Å². The van der Waals surface area contributed by atoms with Crippen molar-refractivity contribution >= 4 is 11.3 Å². The van der Waals surface area contributed by atoms with E-state index in [1.165, 1.54) is 16.0 Å². The molecule has 2 aromatic rings. The average molecular weight is 219 g/mol. The number of aryl methyl sites for hydroxylation is 1. The maximum absolute atomic E-state index is 4.11. The van der Waals surface area contributed by atoms with Crippen molar-refractivity contribution in [1.29, 1.82) is 0 Å². The second kappa shape index (κ2) is 5.00. The van der Waals surface area contributed by atoms with Crippen LogP contribution in [0.1, 0.15) is 16.0 Å². The number of nitrogens with zero attached hydrogens (tertiary/aromatic N) is 2. The smallest absolute Gasteiger partial charge is 0.0794 e. The van der Waals surface area contributed by atoms with Gasteiger partial charge in [0.15, 0.2) is 0 Å². The maximum atomic E-state index is 4.11. The van der Waals surface area contributed by atoms with Crippen LogP contribution in [0.25, 0.3) is 0 Å². The first-order valence-electron chi connectivity index (χ1n) is 4.84. The lowest BCUT2D eigenvalue weighted by Crippen LogP contribution is -2.12. The Bertz CT molecular complexity index is 412. The van der Waals surface area contributed by atoms with Crippen LogP contribution < -0.4 is 5.32 Å². The first-order chi connectivity index (χ1) is 7.36. The van der Waals surface area contributed by atoms with E-state index in [0.717, 1.165) is 13.1 Å². The van der Waals surface area contributed by atoms with Crippen LogP contribution >= 0.6 is 11.3 Å². The van der Waals surface area contributed by atoms with Gasteiger partial charge in [0.2, 0.25) is 0 Å². The van der Waals surface area contributed by atoms with Gasteiger partial charge in [0.05, 0.1) is 5.51 Å². The molecule has 0 aliphatic rings. The Balaban J connectivity index is 1.86. The van der Waals surface area contributed by atoms with Crippen LogP contribution in [0.5, 0.6) is 0 Å². The normalized spacial score (nSPS) is 10.5. The zero-order valence-electron chi connectivity index (χ0n) is 8.60. The topological polar surface area (TPSA) is 37.8 Å². The van der Waals surface area contributed by atoms with Crippen molar-refractivity contribution in [3.63, 3.8) is 0 Å². The van der Waals surface area contributed by atoms with Crippen molar-refractivity contribution in [2.45, 2.75) is 20.0 Å². The van der Waals surface area contributed by atoms with Gasteiger partial charge in [0.25, 0.3) is 0 Å². The predicted molar refractivity (Wildman–Crippen MR) is 61.6 cm³/mol. The first-order valence-corrected chi connectivity index (χ1v) is 5.72. The Hall–Kier alpha value is -1.26. The number of thiazole rings is 1. The van der Waals surface area contributed by atoms with Gasteiger partial charge in [-0.15, -0.1) is 11.3 Å². The summed E-state index contributed by atoms with van der Waals surface area (Å²) in [5, 5.41) is 3.38. The summed E-state index contributed by atoms with van der Waals surface area (Å²) in [5.74, 6) is 0. The van der Waals surface area contributed by atoms with E-state index in [1.807, 2.05) is 30.2 Å². The number of pyridine rings is 1. The zero-order valence-corrected chi connectivity index (χ0v) is 9.42. The summed E-state index contributed by atoms with van der Waals surface area (Å²) >= 11 is 1.67. The van der Waals surface area contributed by atoms with E-state index in [4.69, 9.17) is 0 Å². The quantitative estimate of drug-likeness (QED) is 0.856. The van der Waals surface area contributed by atoms with Gasteiger partial charge in [-0.05, 0) is 24.1 Å². The van der Waals surface area contributed by atoms with Crippen molar-refractivity contribution in [2.24, 2.45) is 0 Å². The third-order valence-electron chi connectivity index (χ3n) is 2.25. The highest BCUT2D eigenvalue weighted by Crippen LogP contribution is 2.07. The van der Waals surface area contributed by atoms with E-state index in [9.17, 15) is 0 Å². The van der Waals surface area contributed by atoms with Gasteiger partial charge < -0.3 is 5.32 Å². The van der Waals surface area contributed by atoms with Crippen LogP contribution in [-0.4, -0.2) is 9.97 Å². The van der Waals surface area contributed by atoms with Gasteiger partial charge >= 0.3 is 0 Å². The van der Waals surface area contributed by atoms with E-state index in [-0.39, 0.29) is 0 Å². The van der Waals surface area contributed by atoms with Crippen molar-refractivity contribution in [2.75, 3.05) is 0 Å². The molecule has 2 rings (SSSR count). The summed E-state index contributed by atoms with van der Waals surface area (Å²) in [6, 6.07) is 2.03. The van der Waals surface area contributed by atoms with E-state index in [1.54, 1.807) is 11.3 Å². The minimum absolute atomic E-state index is 0.859. The summed E-state index contributed by atoms with van der Waals surface area (Å²) in [6.45, 7) is 3.84. The first kappa shape index (κ1) is 10.3. The number of aromatic nitrogens is 2. The SMILES string of the molecule is Cc1ccncc1CNCc1cncs1. The Labute approximate surface area is 93.2 Å². The van der Waals surface area contributed by atoms with E-state index in [0.29, 0.717) is 0 Å². The van der Waals surface area contributed by atoms with Gasteiger partial charge in [-0.2, -0.15) is 0 Å². The van der Waals surface area contributed by atoms with Crippen LogP contribution in [0.4, 0.5) is 0 Å². The molecule has 0 aromatic carbocycles. The molecule has 4 heteroatoms. The van der Waals surface area contributed by atoms with Gasteiger partial charge in [-0.25, -0.2) is 0 Å². The molecule has 2 aromatic heterocycles. The highest BCUT2D eigenvalue weighted by molar-refractivity contribution is 7.09. The van der Waals surface area contributed by atoms with Gasteiger partial charge in [0, 0.05) is 36.6 Å². The monoisotopic (exact) mass is 219 g/mol. The molecule has 0 aliphatic heterocycles. The van der Waals surface area contributed by atoms with Crippen molar-refractivity contribution in [1.82, 2.24) is 15.3 Å². The van der Waals surface area contributed by atoms with Crippen LogP contribution in [-0.2, 0) is 13.1 Å². The molecule has 0 unspecified atom stereocenters. The largest absolute Gasteiger partial charge is 0.308 e. The summed E-state index contributed by atoms with van der Waals surface area (Å²) in [7, 11) is 0. The van der Waals surface area contributed by atoms with Crippen LogP contribution in [0.3, 0.4) is 0 Å². The molecule has 15 heavy (non-hydrogen) atoms. The molecule has 0 atom stereocenters. The molecule has 0 fully saturated rings. The fraction of sp³-hybridized carbons (Fsp3) is 0.273. The molecule has 0 amide bonds. The molecule has 0 spiro atoms. The number of hydrogen-bond donors (Lipinski definition) is 1. The van der Waals surface area contributed by atoms with Crippen LogP contribution in [0.2, 0.25) is 0 Å².